The molecule has 1 heterocycles. The number of piperazine rings is 1. The third-order valence-corrected chi connectivity index (χ3v) is 3.36. The van der Waals surface area contributed by atoms with E-state index in [4.69, 9.17) is 10.5 Å². The van der Waals surface area contributed by atoms with Crippen molar-refractivity contribution in [3.05, 3.63) is 29.8 Å². The van der Waals surface area contributed by atoms with Crippen LogP contribution in [0.5, 0.6) is 5.75 Å². The molecule has 20 heavy (non-hydrogen) atoms. The van der Waals surface area contributed by atoms with Crippen LogP contribution in [0.3, 0.4) is 0 Å². The third kappa shape index (κ3) is 3.71. The van der Waals surface area contributed by atoms with E-state index in [1.54, 1.807) is 29.2 Å². The van der Waals surface area contributed by atoms with Crippen LogP contribution in [0.1, 0.15) is 10.4 Å². The predicted molar refractivity (Wildman–Crippen MR) is 74.5 cm³/mol. The number of primary amides is 1. The van der Waals surface area contributed by atoms with Crippen molar-refractivity contribution >= 4 is 11.8 Å². The normalized spacial score (nSPS) is 15.9. The minimum absolute atomic E-state index is 0.0135. The first-order valence-electron chi connectivity index (χ1n) is 6.55. The Morgan fingerprint density at radius 1 is 1.15 bits per heavy atom. The lowest BCUT2D eigenvalue weighted by Crippen LogP contribution is -2.48. The fourth-order valence-corrected chi connectivity index (χ4v) is 2.01. The molecule has 6 heteroatoms. The molecule has 1 fully saturated rings. The number of amides is 2. The molecular formula is C14H19N3O3. The molecule has 0 unspecified atom stereocenters. The van der Waals surface area contributed by atoms with Crippen LogP contribution >= 0.6 is 0 Å². The summed E-state index contributed by atoms with van der Waals surface area (Å²) in [6.45, 7) is 3.26. The van der Waals surface area contributed by atoms with E-state index in [1.807, 2.05) is 7.05 Å². The number of rotatable bonds is 4. The second-order valence-electron chi connectivity index (χ2n) is 4.86. The fraction of sp³-hybridized carbons (Fsp3) is 0.429. The minimum Gasteiger partial charge on any atom is -0.484 e. The number of carbonyl (C=O) groups excluding carboxylic acids is 2. The van der Waals surface area contributed by atoms with Crippen LogP contribution < -0.4 is 10.5 Å². The number of nitrogens with two attached hydrogens (primary N) is 1. The van der Waals surface area contributed by atoms with E-state index in [0.29, 0.717) is 11.3 Å². The van der Waals surface area contributed by atoms with Crippen molar-refractivity contribution in [1.82, 2.24) is 9.80 Å². The Kier molecular flexibility index (Phi) is 4.57. The van der Waals surface area contributed by atoms with E-state index in [9.17, 15) is 9.59 Å². The second-order valence-corrected chi connectivity index (χ2v) is 4.86. The lowest BCUT2D eigenvalue weighted by Gasteiger charge is -2.32. The Labute approximate surface area is 118 Å². The van der Waals surface area contributed by atoms with E-state index >= 15 is 0 Å². The molecule has 2 rings (SSSR count). The highest BCUT2D eigenvalue weighted by Gasteiger charge is 2.19. The molecule has 0 saturated carbocycles. The van der Waals surface area contributed by atoms with Crippen LogP contribution in [0.2, 0.25) is 0 Å². The second kappa shape index (κ2) is 6.38. The molecule has 1 aliphatic heterocycles. The van der Waals surface area contributed by atoms with Gasteiger partial charge in [0.2, 0.25) is 5.91 Å². The van der Waals surface area contributed by atoms with Crippen molar-refractivity contribution in [2.45, 2.75) is 0 Å². The SMILES string of the molecule is CN1CCN(C(=O)COc2ccc(C(N)=O)cc2)CC1. The molecule has 1 aromatic rings. The summed E-state index contributed by atoms with van der Waals surface area (Å²) < 4.78 is 5.43. The standard InChI is InChI=1S/C14H19N3O3/c1-16-6-8-17(9-7-16)13(18)10-20-12-4-2-11(3-5-12)14(15)19/h2-5H,6-10H2,1H3,(H2,15,19). The molecule has 1 aliphatic rings. The first kappa shape index (κ1) is 14.3. The van der Waals surface area contributed by atoms with Crippen LogP contribution in [0.25, 0.3) is 0 Å². The number of benzene rings is 1. The molecule has 1 aromatic carbocycles. The van der Waals surface area contributed by atoms with Crippen molar-refractivity contribution in [3.8, 4) is 5.75 Å². The summed E-state index contributed by atoms with van der Waals surface area (Å²) in [7, 11) is 2.04. The van der Waals surface area contributed by atoms with Gasteiger partial charge in [-0.1, -0.05) is 0 Å². The summed E-state index contributed by atoms with van der Waals surface area (Å²) in [5.74, 6) is 0.0552. The number of nitrogens with zero attached hydrogens (tertiary/aromatic N) is 2. The molecule has 1 saturated heterocycles. The van der Waals surface area contributed by atoms with E-state index in [-0.39, 0.29) is 12.5 Å². The van der Waals surface area contributed by atoms with Gasteiger partial charge in [-0.2, -0.15) is 0 Å². The van der Waals surface area contributed by atoms with Gasteiger partial charge < -0.3 is 20.3 Å². The maximum atomic E-state index is 12.0. The Balaban J connectivity index is 1.82. The minimum atomic E-state index is -0.481. The Morgan fingerprint density at radius 3 is 2.30 bits per heavy atom. The van der Waals surface area contributed by atoms with Gasteiger partial charge in [0, 0.05) is 31.7 Å². The number of hydrogen-bond donors (Lipinski definition) is 1. The van der Waals surface area contributed by atoms with Crippen LogP contribution in [-0.4, -0.2) is 61.4 Å². The summed E-state index contributed by atoms with van der Waals surface area (Å²) in [6, 6.07) is 6.44. The highest BCUT2D eigenvalue weighted by molar-refractivity contribution is 5.92. The van der Waals surface area contributed by atoms with Gasteiger partial charge in [0.15, 0.2) is 6.61 Å². The van der Waals surface area contributed by atoms with Crippen molar-refractivity contribution < 1.29 is 14.3 Å². The molecule has 0 aliphatic carbocycles. The van der Waals surface area contributed by atoms with Crippen molar-refractivity contribution in [2.75, 3.05) is 39.8 Å². The summed E-state index contributed by atoms with van der Waals surface area (Å²) in [4.78, 5) is 26.9. The molecule has 0 spiro atoms. The van der Waals surface area contributed by atoms with E-state index in [0.717, 1.165) is 26.2 Å². The lowest BCUT2D eigenvalue weighted by molar-refractivity contribution is -0.134. The first-order valence-corrected chi connectivity index (χ1v) is 6.55. The molecular weight excluding hydrogens is 258 g/mol. The maximum Gasteiger partial charge on any atom is 0.260 e. The number of ether oxygens (including phenoxy) is 1. The van der Waals surface area contributed by atoms with E-state index < -0.39 is 5.91 Å². The number of likely N-dealkylation sites (N-methyl/N-ethyl adjacent to an activating group) is 1. The van der Waals surface area contributed by atoms with Gasteiger partial charge in [0.25, 0.3) is 5.91 Å². The Hall–Kier alpha value is -2.08. The monoisotopic (exact) mass is 277 g/mol. The molecule has 2 N–H and O–H groups in total. The largest absolute Gasteiger partial charge is 0.484 e. The highest BCUT2D eigenvalue weighted by Crippen LogP contribution is 2.12. The van der Waals surface area contributed by atoms with Crippen LogP contribution in [0.15, 0.2) is 24.3 Å². The quantitative estimate of drug-likeness (QED) is 0.836. The highest BCUT2D eigenvalue weighted by atomic mass is 16.5. The van der Waals surface area contributed by atoms with E-state index in [1.165, 1.54) is 0 Å². The summed E-state index contributed by atoms with van der Waals surface area (Å²) in [6.07, 6.45) is 0. The average molecular weight is 277 g/mol. The van der Waals surface area contributed by atoms with Crippen molar-refractivity contribution in [2.24, 2.45) is 5.73 Å². The van der Waals surface area contributed by atoms with Gasteiger partial charge >= 0.3 is 0 Å². The summed E-state index contributed by atoms with van der Waals surface area (Å²) >= 11 is 0. The average Bonchev–Trinajstić information content (AvgIpc) is 2.46. The molecule has 0 aromatic heterocycles. The molecule has 0 bridgehead atoms. The van der Waals surface area contributed by atoms with Gasteiger partial charge in [-0.25, -0.2) is 0 Å². The zero-order valence-corrected chi connectivity index (χ0v) is 11.5. The summed E-state index contributed by atoms with van der Waals surface area (Å²) in [5, 5.41) is 0. The maximum absolute atomic E-state index is 12.0. The zero-order chi connectivity index (χ0) is 14.5. The van der Waals surface area contributed by atoms with Crippen molar-refractivity contribution in [3.63, 3.8) is 0 Å². The molecule has 0 atom stereocenters. The molecule has 108 valence electrons. The van der Waals surface area contributed by atoms with Gasteiger partial charge in [-0.15, -0.1) is 0 Å². The van der Waals surface area contributed by atoms with Crippen molar-refractivity contribution in [1.29, 1.82) is 0 Å². The van der Waals surface area contributed by atoms with Gasteiger partial charge in [0.05, 0.1) is 0 Å². The van der Waals surface area contributed by atoms with Gasteiger partial charge in [-0.3, -0.25) is 9.59 Å². The van der Waals surface area contributed by atoms with E-state index in [2.05, 4.69) is 4.90 Å². The summed E-state index contributed by atoms with van der Waals surface area (Å²) in [5.41, 5.74) is 5.57. The Morgan fingerprint density at radius 2 is 1.75 bits per heavy atom. The molecule has 6 nitrogen and oxygen atoms in total. The van der Waals surface area contributed by atoms with Gasteiger partial charge in [0.1, 0.15) is 5.75 Å². The fourth-order valence-electron chi connectivity index (χ4n) is 2.01. The first-order chi connectivity index (χ1) is 9.56. The number of carbonyl (C=O) groups is 2. The lowest BCUT2D eigenvalue weighted by atomic mass is 10.2. The topological polar surface area (TPSA) is 75.9 Å². The predicted octanol–water partition coefficient (Wildman–Crippen LogP) is -0.0617. The third-order valence-electron chi connectivity index (χ3n) is 3.36. The Bertz CT molecular complexity index is 479. The molecule has 0 radical (unpaired) electrons. The molecule has 2 amide bonds. The zero-order valence-electron chi connectivity index (χ0n) is 11.5. The smallest absolute Gasteiger partial charge is 0.260 e. The van der Waals surface area contributed by atoms with Crippen LogP contribution in [0.4, 0.5) is 0 Å². The van der Waals surface area contributed by atoms with Crippen LogP contribution in [0, 0.1) is 0 Å². The van der Waals surface area contributed by atoms with Gasteiger partial charge in [-0.05, 0) is 31.3 Å². The van der Waals surface area contributed by atoms with Crippen LogP contribution in [-0.2, 0) is 4.79 Å². The number of hydrogen-bond acceptors (Lipinski definition) is 4.